The zero-order chi connectivity index (χ0) is 29.6. The largest absolute Gasteiger partial charge is 0.507 e. The highest BCUT2D eigenvalue weighted by Gasteiger charge is 2.50. The standard InChI is InChI=1S/C26H28O15/c27-7-18-24(41-25-21(35)19(33)15(32)8-37-25)20(34)22(36)26(40-18)39-17-6-11-13(30)4-10(28)5-16(11)38-23(17)9-1-2-12(29)14(31)3-9/h1-6,15,18-22,24-27,32-36H,7-8H2,(H3-,28,29,30,31)/p+1/t15-,18-,19+,20-,21-,22-,24-,25+,26-/m1/s1. The van der Waals surface area contributed by atoms with Crippen LogP contribution in [0.15, 0.2) is 40.8 Å². The van der Waals surface area contributed by atoms with E-state index in [9.17, 15) is 51.1 Å². The summed E-state index contributed by atoms with van der Waals surface area (Å²) in [6.07, 6.45) is -14.4. The molecule has 3 aromatic rings. The van der Waals surface area contributed by atoms with E-state index in [2.05, 4.69) is 0 Å². The Morgan fingerprint density at radius 3 is 2.24 bits per heavy atom. The van der Waals surface area contributed by atoms with Gasteiger partial charge in [0, 0.05) is 18.2 Å². The zero-order valence-electron chi connectivity index (χ0n) is 21.1. The summed E-state index contributed by atoms with van der Waals surface area (Å²) in [6.45, 7) is -1.15. The van der Waals surface area contributed by atoms with E-state index in [4.69, 9.17) is 23.4 Å². The van der Waals surface area contributed by atoms with Crippen molar-refractivity contribution < 1.29 is 74.4 Å². The third-order valence-corrected chi connectivity index (χ3v) is 6.86. The number of aromatic hydroxyl groups is 4. The van der Waals surface area contributed by atoms with Gasteiger partial charge in [-0.3, -0.25) is 0 Å². The lowest BCUT2D eigenvalue weighted by Gasteiger charge is -2.44. The van der Waals surface area contributed by atoms with Gasteiger partial charge in [0.15, 0.2) is 17.8 Å². The molecule has 1 aromatic heterocycles. The van der Waals surface area contributed by atoms with Gasteiger partial charge in [0.1, 0.15) is 59.6 Å². The number of benzene rings is 2. The highest BCUT2D eigenvalue weighted by molar-refractivity contribution is 5.88. The van der Waals surface area contributed by atoms with Crippen molar-refractivity contribution in [2.24, 2.45) is 0 Å². The second-order valence-corrected chi connectivity index (χ2v) is 9.70. The van der Waals surface area contributed by atoms with Crippen molar-refractivity contribution in [2.75, 3.05) is 13.2 Å². The van der Waals surface area contributed by atoms with Crippen LogP contribution in [0.3, 0.4) is 0 Å². The molecule has 10 N–H and O–H groups in total. The van der Waals surface area contributed by atoms with Gasteiger partial charge in [-0.25, -0.2) is 4.42 Å². The molecule has 0 amide bonds. The topological polar surface area (TPSA) is 251 Å². The van der Waals surface area contributed by atoms with Crippen molar-refractivity contribution >= 4 is 11.0 Å². The average molecular weight is 582 g/mol. The highest BCUT2D eigenvalue weighted by Crippen LogP contribution is 2.42. The molecule has 15 nitrogen and oxygen atoms in total. The first kappa shape index (κ1) is 29.0. The van der Waals surface area contributed by atoms with Gasteiger partial charge in [-0.15, -0.1) is 0 Å². The monoisotopic (exact) mass is 581 g/mol. The minimum atomic E-state index is -1.84. The van der Waals surface area contributed by atoms with Crippen molar-refractivity contribution in [1.29, 1.82) is 0 Å². The second-order valence-electron chi connectivity index (χ2n) is 9.70. The molecule has 0 radical (unpaired) electrons. The van der Waals surface area contributed by atoms with E-state index >= 15 is 0 Å². The first-order chi connectivity index (χ1) is 19.5. The van der Waals surface area contributed by atoms with Gasteiger partial charge in [-0.2, -0.15) is 0 Å². The first-order valence-corrected chi connectivity index (χ1v) is 12.4. The molecular formula is C26H29O15+. The first-order valence-electron chi connectivity index (χ1n) is 12.4. The van der Waals surface area contributed by atoms with Crippen LogP contribution in [0.25, 0.3) is 22.3 Å². The van der Waals surface area contributed by atoms with Gasteiger partial charge < -0.3 is 70.0 Å². The Kier molecular flexibility index (Phi) is 8.06. The van der Waals surface area contributed by atoms with Gasteiger partial charge in [0.05, 0.1) is 24.8 Å². The number of phenolic OH excluding ortho intramolecular Hbond substituents is 4. The van der Waals surface area contributed by atoms with Gasteiger partial charge in [0.25, 0.3) is 0 Å². The summed E-state index contributed by atoms with van der Waals surface area (Å²) in [6, 6.07) is 7.22. The SMILES string of the molecule is OC[C@H]1O[C@@H](Oc2cc3c(O)cc(O)cc3[o+]c2-c2ccc(O)c(O)c2)[C@H](O)[C@@H](O)[C@@H]1O[C@@H]1OC[C@@H](O)[C@H](O)[C@H]1O. The van der Waals surface area contributed by atoms with Crippen LogP contribution < -0.4 is 4.74 Å². The van der Waals surface area contributed by atoms with E-state index in [1.165, 1.54) is 24.3 Å². The van der Waals surface area contributed by atoms with Crippen molar-refractivity contribution in [3.05, 3.63) is 36.4 Å². The second kappa shape index (κ2) is 11.4. The summed E-state index contributed by atoms with van der Waals surface area (Å²) in [5, 5.41) is 102. The number of ether oxygens (including phenoxy) is 4. The number of aliphatic hydroxyl groups is 6. The Morgan fingerprint density at radius 2 is 1.54 bits per heavy atom. The predicted molar refractivity (Wildman–Crippen MR) is 134 cm³/mol. The lowest BCUT2D eigenvalue weighted by molar-refractivity contribution is -0.339. The minimum Gasteiger partial charge on any atom is -0.507 e. The number of hydrogen-bond acceptors (Lipinski definition) is 14. The van der Waals surface area contributed by atoms with Crippen LogP contribution in [0.2, 0.25) is 0 Å². The molecule has 41 heavy (non-hydrogen) atoms. The van der Waals surface area contributed by atoms with Crippen LogP contribution in [0.5, 0.6) is 28.7 Å². The Hall–Kier alpha value is -3.51. The van der Waals surface area contributed by atoms with E-state index in [-0.39, 0.29) is 39.5 Å². The van der Waals surface area contributed by atoms with Crippen LogP contribution in [0.1, 0.15) is 0 Å². The highest BCUT2D eigenvalue weighted by atomic mass is 16.7. The lowest BCUT2D eigenvalue weighted by Crippen LogP contribution is -2.63. The van der Waals surface area contributed by atoms with Crippen molar-refractivity contribution in [3.63, 3.8) is 0 Å². The molecule has 0 saturated carbocycles. The molecule has 2 aliphatic heterocycles. The summed E-state index contributed by atoms with van der Waals surface area (Å²) < 4.78 is 28.1. The molecule has 15 heteroatoms. The number of aliphatic hydroxyl groups excluding tert-OH is 6. The lowest BCUT2D eigenvalue weighted by atomic mass is 9.98. The average Bonchev–Trinajstić information content (AvgIpc) is 2.94. The van der Waals surface area contributed by atoms with E-state index in [1.807, 2.05) is 0 Å². The Bertz CT molecular complexity index is 1400. The van der Waals surface area contributed by atoms with Gasteiger partial charge >= 0.3 is 11.3 Å². The molecule has 3 heterocycles. The molecule has 0 aliphatic carbocycles. The molecule has 5 rings (SSSR count). The number of fused-ring (bicyclic) bond motifs is 1. The van der Waals surface area contributed by atoms with Crippen LogP contribution >= 0.6 is 0 Å². The Labute approximate surface area is 230 Å². The fraction of sp³-hybridized carbons (Fsp3) is 0.423. The zero-order valence-corrected chi connectivity index (χ0v) is 21.1. The maximum Gasteiger partial charge on any atom is 0.402 e. The van der Waals surface area contributed by atoms with Crippen molar-refractivity contribution in [3.8, 4) is 40.1 Å². The van der Waals surface area contributed by atoms with Gasteiger partial charge in [-0.05, 0) is 12.1 Å². The molecule has 222 valence electrons. The van der Waals surface area contributed by atoms with E-state index < -0.39 is 80.0 Å². The predicted octanol–water partition coefficient (Wildman–Crippen LogP) is -1.15. The summed E-state index contributed by atoms with van der Waals surface area (Å²) in [4.78, 5) is 0. The molecule has 2 aromatic carbocycles. The summed E-state index contributed by atoms with van der Waals surface area (Å²) in [5.74, 6) is -1.91. The van der Waals surface area contributed by atoms with Crippen LogP contribution in [-0.4, -0.2) is 120 Å². The molecule has 0 bridgehead atoms. The van der Waals surface area contributed by atoms with Crippen molar-refractivity contribution in [1.82, 2.24) is 0 Å². The van der Waals surface area contributed by atoms with Crippen LogP contribution in [-0.2, 0) is 14.2 Å². The minimum absolute atomic E-state index is 0.00241. The third kappa shape index (κ3) is 5.54. The molecular weight excluding hydrogens is 552 g/mol. The maximum atomic E-state index is 10.9. The smallest absolute Gasteiger partial charge is 0.402 e. The summed E-state index contributed by atoms with van der Waals surface area (Å²) in [7, 11) is 0. The normalized spacial score (nSPS) is 32.2. The van der Waals surface area contributed by atoms with Gasteiger partial charge in [-0.1, -0.05) is 0 Å². The molecule has 0 spiro atoms. The van der Waals surface area contributed by atoms with E-state index in [0.29, 0.717) is 0 Å². The van der Waals surface area contributed by atoms with Gasteiger partial charge in [0.2, 0.25) is 12.0 Å². The third-order valence-electron chi connectivity index (χ3n) is 6.86. The molecule has 9 atom stereocenters. The number of rotatable bonds is 6. The molecule has 0 unspecified atom stereocenters. The number of phenols is 4. The summed E-state index contributed by atoms with van der Waals surface area (Å²) >= 11 is 0. The quantitative estimate of drug-likeness (QED) is 0.122. The molecule has 2 saturated heterocycles. The molecule has 2 fully saturated rings. The van der Waals surface area contributed by atoms with Crippen LogP contribution in [0.4, 0.5) is 0 Å². The Morgan fingerprint density at radius 1 is 0.805 bits per heavy atom. The number of hydrogen-bond donors (Lipinski definition) is 10. The maximum absolute atomic E-state index is 10.9. The fourth-order valence-electron chi connectivity index (χ4n) is 4.63. The summed E-state index contributed by atoms with van der Waals surface area (Å²) in [5.41, 5.74) is 0.164. The van der Waals surface area contributed by atoms with Crippen molar-refractivity contribution in [2.45, 2.75) is 55.3 Å². The molecule has 2 aliphatic rings. The van der Waals surface area contributed by atoms with E-state index in [1.54, 1.807) is 0 Å². The van der Waals surface area contributed by atoms with Crippen LogP contribution in [0, 0.1) is 0 Å². The Balaban J connectivity index is 1.46. The van der Waals surface area contributed by atoms with E-state index in [0.717, 1.165) is 12.1 Å². The fourth-order valence-corrected chi connectivity index (χ4v) is 4.63.